The Balaban J connectivity index is 1.23. The zero-order valence-corrected chi connectivity index (χ0v) is 29.1. The van der Waals surface area contributed by atoms with Crippen LogP contribution in [0.2, 0.25) is 0 Å². The van der Waals surface area contributed by atoms with Gasteiger partial charge < -0.3 is 18.3 Å². The average molecular weight is 694 g/mol. The quantitative estimate of drug-likeness (QED) is 0.174. The standard InChI is InChI=1S/C49H31N3O2/c1-4-15-32(16-5-1)36-21-10-12-24-41(36)51(43-26-14-23-38-37-22-11-13-25-42(37)52(47(38)43)34-19-8-3-9-20-34)35-27-29-44-39(31-35)46-45(53-44)30-28-40-48(46)54-49(50-40)33-17-6-2-7-18-33/h1-31H. The molecule has 5 nitrogen and oxygen atoms in total. The second kappa shape index (κ2) is 12.1. The van der Waals surface area contributed by atoms with Gasteiger partial charge in [0.05, 0.1) is 27.8 Å². The predicted octanol–water partition coefficient (Wildman–Crippen LogP) is 13.6. The van der Waals surface area contributed by atoms with Gasteiger partial charge in [0.1, 0.15) is 16.7 Å². The van der Waals surface area contributed by atoms with E-state index < -0.39 is 0 Å². The van der Waals surface area contributed by atoms with Gasteiger partial charge in [0.2, 0.25) is 5.89 Å². The normalized spacial score (nSPS) is 11.7. The van der Waals surface area contributed by atoms with Crippen molar-refractivity contribution < 1.29 is 8.83 Å². The summed E-state index contributed by atoms with van der Waals surface area (Å²) in [5, 5.41) is 4.25. The molecule has 0 amide bonds. The monoisotopic (exact) mass is 693 g/mol. The molecule has 0 saturated carbocycles. The first-order valence-corrected chi connectivity index (χ1v) is 18.1. The molecule has 54 heavy (non-hydrogen) atoms. The molecule has 0 radical (unpaired) electrons. The Hall–Kier alpha value is -7.37. The van der Waals surface area contributed by atoms with E-state index in [1.807, 2.05) is 42.5 Å². The van der Waals surface area contributed by atoms with Gasteiger partial charge in [-0.3, -0.25) is 0 Å². The van der Waals surface area contributed by atoms with Gasteiger partial charge in [-0.15, -0.1) is 0 Å². The fourth-order valence-corrected chi connectivity index (χ4v) is 8.04. The lowest BCUT2D eigenvalue weighted by Gasteiger charge is -2.29. The van der Waals surface area contributed by atoms with Crippen LogP contribution in [0.3, 0.4) is 0 Å². The van der Waals surface area contributed by atoms with Crippen molar-refractivity contribution in [3.8, 4) is 28.3 Å². The summed E-state index contributed by atoms with van der Waals surface area (Å²) in [6.45, 7) is 0. The number of furan rings is 1. The third-order valence-corrected chi connectivity index (χ3v) is 10.4. The van der Waals surface area contributed by atoms with E-state index in [1.165, 1.54) is 10.8 Å². The highest BCUT2D eigenvalue weighted by molar-refractivity contribution is 6.18. The Kier molecular flexibility index (Phi) is 6.79. The van der Waals surface area contributed by atoms with Gasteiger partial charge in [0, 0.05) is 38.7 Å². The number of para-hydroxylation sites is 4. The van der Waals surface area contributed by atoms with E-state index in [1.54, 1.807) is 0 Å². The van der Waals surface area contributed by atoms with Crippen molar-refractivity contribution in [2.24, 2.45) is 0 Å². The number of fused-ring (bicyclic) bond motifs is 8. The fraction of sp³-hybridized carbons (Fsp3) is 0. The van der Waals surface area contributed by atoms with Gasteiger partial charge in [-0.2, -0.15) is 0 Å². The highest BCUT2D eigenvalue weighted by Gasteiger charge is 2.25. The van der Waals surface area contributed by atoms with Gasteiger partial charge in [-0.1, -0.05) is 115 Å². The number of anilines is 3. The lowest BCUT2D eigenvalue weighted by atomic mass is 10.0. The maximum Gasteiger partial charge on any atom is 0.227 e. The van der Waals surface area contributed by atoms with Crippen LogP contribution in [0.15, 0.2) is 197 Å². The van der Waals surface area contributed by atoms with Crippen molar-refractivity contribution in [1.82, 2.24) is 9.55 Å². The van der Waals surface area contributed by atoms with Crippen LogP contribution in [0.1, 0.15) is 0 Å². The molecule has 11 aromatic rings. The number of benzene rings is 8. The Morgan fingerprint density at radius 1 is 0.481 bits per heavy atom. The number of hydrogen-bond donors (Lipinski definition) is 0. The molecule has 0 atom stereocenters. The molecular weight excluding hydrogens is 663 g/mol. The molecule has 5 heteroatoms. The highest BCUT2D eigenvalue weighted by Crippen LogP contribution is 2.47. The number of hydrogen-bond acceptors (Lipinski definition) is 4. The van der Waals surface area contributed by atoms with Crippen molar-refractivity contribution in [3.63, 3.8) is 0 Å². The van der Waals surface area contributed by atoms with Crippen LogP contribution in [0, 0.1) is 0 Å². The van der Waals surface area contributed by atoms with Crippen LogP contribution in [-0.2, 0) is 0 Å². The molecule has 0 aliphatic heterocycles. The topological polar surface area (TPSA) is 47.3 Å². The van der Waals surface area contributed by atoms with E-state index in [0.29, 0.717) is 11.5 Å². The molecule has 254 valence electrons. The van der Waals surface area contributed by atoms with E-state index in [0.717, 1.165) is 77.9 Å². The van der Waals surface area contributed by atoms with Crippen LogP contribution >= 0.6 is 0 Å². The van der Waals surface area contributed by atoms with Gasteiger partial charge in [0.25, 0.3) is 0 Å². The summed E-state index contributed by atoms with van der Waals surface area (Å²) in [5.74, 6) is 0.586. The Morgan fingerprint density at radius 3 is 1.98 bits per heavy atom. The van der Waals surface area contributed by atoms with Crippen molar-refractivity contribution >= 4 is 71.9 Å². The lowest BCUT2D eigenvalue weighted by Crippen LogP contribution is -2.12. The highest BCUT2D eigenvalue weighted by atomic mass is 16.4. The van der Waals surface area contributed by atoms with Gasteiger partial charge in [-0.25, -0.2) is 4.98 Å². The summed E-state index contributed by atoms with van der Waals surface area (Å²) < 4.78 is 15.4. The summed E-state index contributed by atoms with van der Waals surface area (Å²) in [6, 6.07) is 65.7. The van der Waals surface area contributed by atoms with Crippen LogP contribution in [0.5, 0.6) is 0 Å². The van der Waals surface area contributed by atoms with Crippen molar-refractivity contribution in [2.75, 3.05) is 4.90 Å². The van der Waals surface area contributed by atoms with E-state index >= 15 is 0 Å². The molecule has 0 aliphatic rings. The molecule has 11 rings (SSSR count). The number of rotatable bonds is 6. The minimum Gasteiger partial charge on any atom is -0.456 e. The Bertz CT molecular complexity index is 3160. The smallest absolute Gasteiger partial charge is 0.227 e. The molecule has 0 saturated heterocycles. The minimum atomic E-state index is 0.586. The van der Waals surface area contributed by atoms with Crippen LogP contribution in [-0.4, -0.2) is 9.55 Å². The fourth-order valence-electron chi connectivity index (χ4n) is 8.04. The summed E-state index contributed by atoms with van der Waals surface area (Å²) in [6.07, 6.45) is 0. The molecular formula is C49H31N3O2. The Morgan fingerprint density at radius 2 is 1.15 bits per heavy atom. The second-order valence-corrected chi connectivity index (χ2v) is 13.5. The van der Waals surface area contributed by atoms with Gasteiger partial charge in [0.15, 0.2) is 5.58 Å². The summed E-state index contributed by atoms with van der Waals surface area (Å²) in [7, 11) is 0. The zero-order valence-electron chi connectivity index (χ0n) is 29.1. The summed E-state index contributed by atoms with van der Waals surface area (Å²) in [5.41, 5.74) is 12.7. The first kappa shape index (κ1) is 30.3. The summed E-state index contributed by atoms with van der Waals surface area (Å²) in [4.78, 5) is 7.29. The average Bonchev–Trinajstić information content (AvgIpc) is 3.94. The lowest BCUT2D eigenvalue weighted by molar-refractivity contribution is 0.622. The van der Waals surface area contributed by atoms with Gasteiger partial charge >= 0.3 is 0 Å². The molecule has 3 heterocycles. The van der Waals surface area contributed by atoms with Crippen LogP contribution in [0.25, 0.3) is 83.1 Å². The SMILES string of the molecule is c1ccc(-c2nc3ccc4oc5ccc(N(c6ccccc6-c6ccccc6)c6cccc7c8ccccc8n(-c8ccccc8)c67)cc5c4c3o2)cc1. The zero-order chi connectivity index (χ0) is 35.6. The van der Waals surface area contributed by atoms with Crippen LogP contribution in [0.4, 0.5) is 17.1 Å². The maximum atomic E-state index is 6.55. The first-order chi connectivity index (χ1) is 26.8. The first-order valence-electron chi connectivity index (χ1n) is 18.1. The van der Waals surface area contributed by atoms with Crippen LogP contribution < -0.4 is 4.90 Å². The Labute approximate surface area is 310 Å². The van der Waals surface area contributed by atoms with E-state index in [-0.39, 0.29) is 0 Å². The second-order valence-electron chi connectivity index (χ2n) is 13.5. The van der Waals surface area contributed by atoms with Gasteiger partial charge in [-0.05, 0) is 78.4 Å². The number of aromatic nitrogens is 2. The molecule has 0 bridgehead atoms. The number of nitrogens with zero attached hydrogens (tertiary/aromatic N) is 3. The molecule has 3 aromatic heterocycles. The maximum absolute atomic E-state index is 6.55. The third-order valence-electron chi connectivity index (χ3n) is 10.4. The molecule has 0 fully saturated rings. The molecule has 0 spiro atoms. The van der Waals surface area contributed by atoms with E-state index in [4.69, 9.17) is 13.8 Å². The predicted molar refractivity (Wildman–Crippen MR) is 221 cm³/mol. The molecule has 8 aromatic carbocycles. The minimum absolute atomic E-state index is 0.586. The molecule has 0 N–H and O–H groups in total. The van der Waals surface area contributed by atoms with Crippen molar-refractivity contribution in [1.29, 1.82) is 0 Å². The van der Waals surface area contributed by atoms with E-state index in [2.05, 4.69) is 155 Å². The largest absolute Gasteiger partial charge is 0.456 e. The van der Waals surface area contributed by atoms with Crippen molar-refractivity contribution in [2.45, 2.75) is 0 Å². The molecule has 0 unspecified atom stereocenters. The third kappa shape index (κ3) is 4.69. The summed E-state index contributed by atoms with van der Waals surface area (Å²) >= 11 is 0. The van der Waals surface area contributed by atoms with E-state index in [9.17, 15) is 0 Å². The van der Waals surface area contributed by atoms with Crippen molar-refractivity contribution in [3.05, 3.63) is 188 Å². The molecule has 0 aliphatic carbocycles. The number of oxazole rings is 1.